The molecule has 0 bridgehead atoms. The summed E-state index contributed by atoms with van der Waals surface area (Å²) in [5.74, 6) is -0.845. The molecule has 3 fully saturated rings. The van der Waals surface area contributed by atoms with Crippen molar-refractivity contribution in [1.82, 2.24) is 4.90 Å². The maximum absolute atomic E-state index is 12.9. The second-order valence-corrected chi connectivity index (χ2v) is 8.84. The number of hydrogen-bond acceptors (Lipinski definition) is 6. The van der Waals surface area contributed by atoms with Crippen molar-refractivity contribution in [3.05, 3.63) is 0 Å². The van der Waals surface area contributed by atoms with Gasteiger partial charge in [-0.2, -0.15) is 0 Å². The zero-order valence-electron chi connectivity index (χ0n) is 16.6. The molecule has 6 atom stereocenters. The molecule has 0 radical (unpaired) electrons. The van der Waals surface area contributed by atoms with Gasteiger partial charge in [0.1, 0.15) is 5.60 Å². The minimum atomic E-state index is -0.793. The number of fused-ring (bicyclic) bond motifs is 3. The van der Waals surface area contributed by atoms with E-state index in [1.165, 1.54) is 0 Å². The number of nitrogens with zero attached hydrogens (tertiary/aromatic N) is 1. The van der Waals surface area contributed by atoms with Crippen LogP contribution in [0.2, 0.25) is 0 Å². The number of piperidine rings is 2. The summed E-state index contributed by atoms with van der Waals surface area (Å²) in [6.45, 7) is 13.1. The summed E-state index contributed by atoms with van der Waals surface area (Å²) in [7, 11) is 0. The molecular formula is C19H29NO6. The smallest absolute Gasteiger partial charge is 0.410 e. The average molecular weight is 367 g/mol. The summed E-state index contributed by atoms with van der Waals surface area (Å²) >= 11 is 0. The van der Waals surface area contributed by atoms with Gasteiger partial charge < -0.3 is 14.2 Å². The largest absolute Gasteiger partial charge is 0.466 e. The summed E-state index contributed by atoms with van der Waals surface area (Å²) in [5, 5.41) is 0. The van der Waals surface area contributed by atoms with Crippen LogP contribution >= 0.6 is 0 Å². The Labute approximate surface area is 154 Å². The summed E-state index contributed by atoms with van der Waals surface area (Å²) in [6.07, 6.45) is -0.485. The van der Waals surface area contributed by atoms with Crippen LogP contribution in [-0.4, -0.2) is 53.8 Å². The molecular weight excluding hydrogens is 338 g/mol. The fourth-order valence-electron chi connectivity index (χ4n) is 4.91. The lowest BCUT2D eigenvalue weighted by Gasteiger charge is -2.29. The molecule has 1 heterocycles. The Hall–Kier alpha value is -1.79. The first kappa shape index (κ1) is 19.0. The maximum atomic E-state index is 12.9. The van der Waals surface area contributed by atoms with E-state index in [1.807, 2.05) is 13.8 Å². The highest BCUT2D eigenvalue weighted by Crippen LogP contribution is 2.79. The van der Waals surface area contributed by atoms with E-state index in [-0.39, 0.29) is 49.1 Å². The Morgan fingerprint density at radius 3 is 1.58 bits per heavy atom. The zero-order valence-corrected chi connectivity index (χ0v) is 16.6. The van der Waals surface area contributed by atoms with Gasteiger partial charge in [0.05, 0.1) is 36.1 Å². The molecule has 1 amide bonds. The van der Waals surface area contributed by atoms with E-state index in [2.05, 4.69) is 0 Å². The van der Waals surface area contributed by atoms with Gasteiger partial charge in [-0.15, -0.1) is 0 Å². The summed E-state index contributed by atoms with van der Waals surface area (Å²) in [6, 6.07) is -0.567. The van der Waals surface area contributed by atoms with Crippen LogP contribution in [-0.2, 0) is 23.8 Å². The SMILES string of the molecule is CCOC(=O)[C@]1(C)[C@H]2[C@H]3[C@@H](N(C(=O)OC(C)(C)C)[C@H]21)[C@]3(C)C(=O)OCC. The molecule has 7 nitrogen and oxygen atoms in total. The molecule has 146 valence electrons. The summed E-state index contributed by atoms with van der Waals surface area (Å²) < 4.78 is 16.1. The molecule has 0 spiro atoms. The molecule has 1 aliphatic heterocycles. The lowest BCUT2D eigenvalue weighted by atomic mass is 9.98. The van der Waals surface area contributed by atoms with E-state index in [0.29, 0.717) is 0 Å². The van der Waals surface area contributed by atoms with Crippen molar-refractivity contribution >= 4 is 18.0 Å². The van der Waals surface area contributed by atoms with Crippen molar-refractivity contribution in [3.8, 4) is 0 Å². The normalized spacial score (nSPS) is 39.6. The number of rotatable bonds is 4. The lowest BCUT2D eigenvalue weighted by molar-refractivity contribution is -0.152. The van der Waals surface area contributed by atoms with Gasteiger partial charge in [0.25, 0.3) is 0 Å². The van der Waals surface area contributed by atoms with Gasteiger partial charge >= 0.3 is 18.0 Å². The number of hydrogen-bond donors (Lipinski definition) is 0. The standard InChI is InChI=1S/C19H29NO6/c1-8-24-14(21)18(6)10-11-13(19(11,7)15(22)25-9-2)20(12(10)18)16(23)26-17(3,4)5/h10-13H,8-9H2,1-7H3/t10-,11-,12+,13+,18+,19+/m0/s1. The van der Waals surface area contributed by atoms with E-state index < -0.39 is 22.5 Å². The van der Waals surface area contributed by atoms with Gasteiger partial charge in [0.2, 0.25) is 0 Å². The van der Waals surface area contributed by atoms with Crippen LogP contribution in [0.15, 0.2) is 0 Å². The molecule has 3 rings (SSSR count). The Kier molecular flexibility index (Phi) is 4.09. The van der Waals surface area contributed by atoms with Crippen molar-refractivity contribution in [1.29, 1.82) is 0 Å². The summed E-state index contributed by atoms with van der Waals surface area (Å²) in [5.41, 5.74) is -2.24. The minimum absolute atomic E-state index is 0.103. The first-order valence-corrected chi connectivity index (χ1v) is 9.32. The average Bonchev–Trinajstić information content (AvgIpc) is 3.24. The van der Waals surface area contributed by atoms with E-state index in [4.69, 9.17) is 14.2 Å². The van der Waals surface area contributed by atoms with Crippen molar-refractivity contribution in [3.63, 3.8) is 0 Å². The lowest BCUT2D eigenvalue weighted by Crippen LogP contribution is -2.44. The second-order valence-electron chi connectivity index (χ2n) is 8.84. The number of esters is 2. The van der Waals surface area contributed by atoms with E-state index in [1.54, 1.807) is 39.5 Å². The van der Waals surface area contributed by atoms with Crippen LogP contribution in [0.4, 0.5) is 4.79 Å². The molecule has 3 aliphatic rings. The van der Waals surface area contributed by atoms with Gasteiger partial charge in [-0.3, -0.25) is 14.5 Å². The Bertz CT molecular complexity index is 613. The van der Waals surface area contributed by atoms with Gasteiger partial charge in [0, 0.05) is 11.8 Å². The van der Waals surface area contributed by atoms with Crippen molar-refractivity contribution < 1.29 is 28.6 Å². The fourth-order valence-corrected chi connectivity index (χ4v) is 4.91. The van der Waals surface area contributed by atoms with Crippen LogP contribution in [0, 0.1) is 22.7 Å². The van der Waals surface area contributed by atoms with Crippen LogP contribution < -0.4 is 0 Å². The molecule has 0 N–H and O–H groups in total. The molecule has 0 aromatic rings. The Morgan fingerprint density at radius 1 is 0.885 bits per heavy atom. The number of amides is 1. The molecule has 0 aromatic carbocycles. The zero-order chi connectivity index (χ0) is 19.7. The van der Waals surface area contributed by atoms with Crippen LogP contribution in [0.25, 0.3) is 0 Å². The molecule has 1 saturated heterocycles. The highest BCUT2D eigenvalue weighted by Gasteiger charge is 2.91. The first-order valence-electron chi connectivity index (χ1n) is 9.32. The molecule has 26 heavy (non-hydrogen) atoms. The molecule has 2 aliphatic carbocycles. The Balaban J connectivity index is 1.91. The van der Waals surface area contributed by atoms with Crippen LogP contribution in [0.5, 0.6) is 0 Å². The molecule has 0 aromatic heterocycles. The quantitative estimate of drug-likeness (QED) is 0.560. The highest BCUT2D eigenvalue weighted by atomic mass is 16.6. The Morgan fingerprint density at radius 2 is 1.27 bits per heavy atom. The predicted octanol–water partition coefficient (Wildman–Crippen LogP) is 2.37. The second kappa shape index (κ2) is 5.60. The minimum Gasteiger partial charge on any atom is -0.466 e. The van der Waals surface area contributed by atoms with E-state index in [0.717, 1.165) is 0 Å². The highest BCUT2D eigenvalue weighted by molar-refractivity contribution is 5.91. The first-order chi connectivity index (χ1) is 12.0. The van der Waals surface area contributed by atoms with Crippen LogP contribution in [0.1, 0.15) is 48.5 Å². The fraction of sp³-hybridized carbons (Fsp3) is 0.842. The number of ether oxygens (including phenoxy) is 3. The predicted molar refractivity (Wildman–Crippen MR) is 92.1 cm³/mol. The monoisotopic (exact) mass is 367 g/mol. The van der Waals surface area contributed by atoms with Gasteiger partial charge in [-0.25, -0.2) is 4.79 Å². The van der Waals surface area contributed by atoms with Gasteiger partial charge in [-0.1, -0.05) is 0 Å². The third-order valence-electron chi connectivity index (χ3n) is 6.10. The third-order valence-corrected chi connectivity index (χ3v) is 6.10. The van der Waals surface area contributed by atoms with Gasteiger partial charge in [-0.05, 0) is 48.5 Å². The topological polar surface area (TPSA) is 82.1 Å². The van der Waals surface area contributed by atoms with Crippen LogP contribution in [0.3, 0.4) is 0 Å². The van der Waals surface area contributed by atoms with Gasteiger partial charge in [0.15, 0.2) is 0 Å². The maximum Gasteiger partial charge on any atom is 0.410 e. The van der Waals surface area contributed by atoms with Crippen molar-refractivity contribution in [2.75, 3.05) is 13.2 Å². The number of carbonyl (C=O) groups excluding carboxylic acids is 3. The van der Waals surface area contributed by atoms with E-state index in [9.17, 15) is 14.4 Å². The van der Waals surface area contributed by atoms with Crippen molar-refractivity contribution in [2.45, 2.75) is 66.2 Å². The van der Waals surface area contributed by atoms with Crippen molar-refractivity contribution in [2.24, 2.45) is 22.7 Å². The summed E-state index contributed by atoms with van der Waals surface area (Å²) in [4.78, 5) is 39.6. The van der Waals surface area contributed by atoms with E-state index >= 15 is 0 Å². The number of carbonyl (C=O) groups is 3. The third kappa shape index (κ3) is 2.35. The number of likely N-dealkylation sites (tertiary alicyclic amines) is 1. The molecule has 2 saturated carbocycles. The molecule has 7 heteroatoms. The molecule has 0 unspecified atom stereocenters.